The molecule has 11 aromatic rings. The third-order valence-corrected chi connectivity index (χ3v) is 14.3. The Balaban J connectivity index is 1.14. The molecule has 3 heteroatoms. The number of nitrogens with zero attached hydrogens (tertiary/aromatic N) is 1. The standard InChI is InChI=1S/C60H43NO2/c1-59(2)47-22-12-8-19-41(47)43-28-26-37(33-49(43)59)38-32-46-57-55(31-30-54-56(57)45-21-11-15-25-53(45)62-54)63-58(46)52(34-38)61(51-24-14-10-18-40(51)36-16-6-5-7-17-36)39-27-29-44-42-20-9-13-23-48(42)60(3,4)50(44)35-39/h5-35H,1-4H3. The fourth-order valence-electron chi connectivity index (χ4n) is 11.2. The third kappa shape index (κ3) is 5.08. The maximum absolute atomic E-state index is 7.22. The Bertz CT molecular complexity index is 3690. The van der Waals surface area contributed by atoms with Crippen LogP contribution in [0.3, 0.4) is 0 Å². The van der Waals surface area contributed by atoms with E-state index in [2.05, 4.69) is 215 Å². The summed E-state index contributed by atoms with van der Waals surface area (Å²) in [5.74, 6) is 0. The normalized spacial score (nSPS) is 14.3. The molecule has 0 amide bonds. The first-order chi connectivity index (χ1) is 30.8. The monoisotopic (exact) mass is 809 g/mol. The van der Waals surface area contributed by atoms with Crippen molar-refractivity contribution in [3.8, 4) is 44.5 Å². The van der Waals surface area contributed by atoms with Gasteiger partial charge in [-0.15, -0.1) is 0 Å². The number of hydrogen-bond acceptors (Lipinski definition) is 3. The zero-order valence-electron chi connectivity index (χ0n) is 35.7. The highest BCUT2D eigenvalue weighted by atomic mass is 16.3. The van der Waals surface area contributed by atoms with Gasteiger partial charge in [-0.3, -0.25) is 0 Å². The van der Waals surface area contributed by atoms with Gasteiger partial charge < -0.3 is 13.7 Å². The van der Waals surface area contributed by atoms with Crippen molar-refractivity contribution in [3.05, 3.63) is 210 Å². The zero-order chi connectivity index (χ0) is 42.2. The van der Waals surface area contributed by atoms with Gasteiger partial charge in [-0.05, 0) is 116 Å². The Morgan fingerprint density at radius 3 is 1.67 bits per heavy atom. The van der Waals surface area contributed by atoms with E-state index in [1.165, 1.54) is 44.5 Å². The van der Waals surface area contributed by atoms with Gasteiger partial charge in [-0.2, -0.15) is 0 Å². The summed E-state index contributed by atoms with van der Waals surface area (Å²) in [4.78, 5) is 2.45. The molecule has 0 N–H and O–H groups in total. The van der Waals surface area contributed by atoms with E-state index in [1.807, 2.05) is 6.07 Å². The molecule has 3 nitrogen and oxygen atoms in total. The molecule has 2 heterocycles. The van der Waals surface area contributed by atoms with Crippen LogP contribution in [0.4, 0.5) is 17.1 Å². The lowest BCUT2D eigenvalue weighted by atomic mass is 9.81. The van der Waals surface area contributed by atoms with Crippen LogP contribution in [0, 0.1) is 0 Å². The highest BCUT2D eigenvalue weighted by Crippen LogP contribution is 2.54. The van der Waals surface area contributed by atoms with Gasteiger partial charge in [-0.1, -0.05) is 161 Å². The summed E-state index contributed by atoms with van der Waals surface area (Å²) in [6.45, 7) is 9.43. The molecule has 63 heavy (non-hydrogen) atoms. The van der Waals surface area contributed by atoms with Crippen LogP contribution in [-0.2, 0) is 10.8 Å². The number of para-hydroxylation sites is 2. The van der Waals surface area contributed by atoms with E-state index in [9.17, 15) is 0 Å². The third-order valence-electron chi connectivity index (χ3n) is 14.3. The van der Waals surface area contributed by atoms with E-state index in [-0.39, 0.29) is 10.8 Å². The summed E-state index contributed by atoms with van der Waals surface area (Å²) >= 11 is 0. The van der Waals surface area contributed by atoms with Gasteiger partial charge in [0, 0.05) is 43.6 Å². The lowest BCUT2D eigenvalue weighted by molar-refractivity contribution is 0.660. The van der Waals surface area contributed by atoms with Gasteiger partial charge in [-0.25, -0.2) is 0 Å². The summed E-state index contributed by atoms with van der Waals surface area (Å²) < 4.78 is 13.7. The lowest BCUT2D eigenvalue weighted by Crippen LogP contribution is -2.17. The Morgan fingerprint density at radius 1 is 0.349 bits per heavy atom. The second kappa shape index (κ2) is 13.0. The quantitative estimate of drug-likeness (QED) is 0.173. The van der Waals surface area contributed by atoms with E-state index < -0.39 is 0 Å². The summed E-state index contributed by atoms with van der Waals surface area (Å²) in [6, 6.07) is 68.6. The molecule has 2 aliphatic carbocycles. The summed E-state index contributed by atoms with van der Waals surface area (Å²) in [5.41, 5.74) is 21.3. The average Bonchev–Trinajstić information content (AvgIpc) is 4.02. The average molecular weight is 810 g/mol. The molecular formula is C60H43NO2. The SMILES string of the molecule is CC1(C)c2ccccc2-c2ccc(-c3cc(N(c4ccc5c(c4)C(C)(C)c4ccccc4-5)c4ccccc4-c4ccccc4)c4oc5ccc6oc7ccccc7c6c5c4c3)cc21. The van der Waals surface area contributed by atoms with Gasteiger partial charge in [0.1, 0.15) is 16.7 Å². The van der Waals surface area contributed by atoms with Crippen LogP contribution in [0.1, 0.15) is 49.9 Å². The molecule has 0 bridgehead atoms. The first-order valence-corrected chi connectivity index (χ1v) is 22.0. The summed E-state index contributed by atoms with van der Waals surface area (Å²) in [6.07, 6.45) is 0. The van der Waals surface area contributed by atoms with Crippen molar-refractivity contribution < 1.29 is 8.83 Å². The smallest absolute Gasteiger partial charge is 0.159 e. The molecule has 0 atom stereocenters. The molecular weight excluding hydrogens is 767 g/mol. The minimum atomic E-state index is -0.189. The Labute approximate surface area is 366 Å². The number of anilines is 3. The molecule has 2 aromatic heterocycles. The molecule has 0 fully saturated rings. The summed E-state index contributed by atoms with van der Waals surface area (Å²) in [7, 11) is 0. The lowest BCUT2D eigenvalue weighted by Gasteiger charge is -2.30. The first-order valence-electron chi connectivity index (χ1n) is 22.0. The van der Waals surface area contributed by atoms with E-state index >= 15 is 0 Å². The largest absolute Gasteiger partial charge is 0.456 e. The van der Waals surface area contributed by atoms with Crippen LogP contribution in [-0.4, -0.2) is 0 Å². The second-order valence-electron chi connectivity index (χ2n) is 18.4. The fourth-order valence-corrected chi connectivity index (χ4v) is 11.2. The van der Waals surface area contributed by atoms with Gasteiger partial charge in [0.2, 0.25) is 0 Å². The Morgan fingerprint density at radius 2 is 0.921 bits per heavy atom. The molecule has 9 aromatic carbocycles. The van der Waals surface area contributed by atoms with Gasteiger partial charge in [0.15, 0.2) is 5.58 Å². The Kier molecular flexibility index (Phi) is 7.42. The maximum Gasteiger partial charge on any atom is 0.159 e. The van der Waals surface area contributed by atoms with Crippen molar-refractivity contribution >= 4 is 60.9 Å². The maximum atomic E-state index is 7.22. The topological polar surface area (TPSA) is 29.5 Å². The molecule has 0 aliphatic heterocycles. The molecule has 13 rings (SSSR count). The van der Waals surface area contributed by atoms with Gasteiger partial charge in [0.25, 0.3) is 0 Å². The van der Waals surface area contributed by atoms with E-state index in [1.54, 1.807) is 0 Å². The molecule has 0 unspecified atom stereocenters. The van der Waals surface area contributed by atoms with Crippen LogP contribution in [0.25, 0.3) is 88.4 Å². The molecule has 0 spiro atoms. The van der Waals surface area contributed by atoms with Crippen LogP contribution in [0.15, 0.2) is 197 Å². The minimum Gasteiger partial charge on any atom is -0.456 e. The fraction of sp³-hybridized carbons (Fsp3) is 0.100. The van der Waals surface area contributed by atoms with E-state index in [0.29, 0.717) is 0 Å². The van der Waals surface area contributed by atoms with E-state index in [4.69, 9.17) is 8.83 Å². The highest BCUT2D eigenvalue weighted by Gasteiger charge is 2.37. The number of fused-ring (bicyclic) bond motifs is 13. The van der Waals surface area contributed by atoms with Crippen molar-refractivity contribution in [3.63, 3.8) is 0 Å². The minimum absolute atomic E-state index is 0.144. The number of benzene rings is 9. The van der Waals surface area contributed by atoms with Crippen LogP contribution < -0.4 is 4.90 Å². The molecule has 2 aliphatic rings. The number of furan rings is 2. The number of rotatable bonds is 5. The predicted octanol–water partition coefficient (Wildman–Crippen LogP) is 16.9. The molecule has 300 valence electrons. The summed E-state index contributed by atoms with van der Waals surface area (Å²) in [5, 5.41) is 4.26. The first kappa shape index (κ1) is 36.1. The van der Waals surface area contributed by atoms with Crippen LogP contribution in [0.5, 0.6) is 0 Å². The predicted molar refractivity (Wildman–Crippen MR) is 262 cm³/mol. The molecule has 0 saturated carbocycles. The van der Waals surface area contributed by atoms with Gasteiger partial charge in [0.05, 0.1) is 11.4 Å². The van der Waals surface area contributed by atoms with Gasteiger partial charge >= 0.3 is 0 Å². The Hall–Kier alpha value is -7.62. The van der Waals surface area contributed by atoms with Crippen molar-refractivity contribution in [2.45, 2.75) is 38.5 Å². The van der Waals surface area contributed by atoms with Crippen molar-refractivity contribution in [2.75, 3.05) is 4.90 Å². The van der Waals surface area contributed by atoms with Crippen molar-refractivity contribution in [1.29, 1.82) is 0 Å². The van der Waals surface area contributed by atoms with E-state index in [0.717, 1.165) is 83.2 Å². The van der Waals surface area contributed by atoms with Crippen LogP contribution in [0.2, 0.25) is 0 Å². The highest BCUT2D eigenvalue weighted by molar-refractivity contribution is 6.27. The van der Waals surface area contributed by atoms with Crippen LogP contribution >= 0.6 is 0 Å². The second-order valence-corrected chi connectivity index (χ2v) is 18.4. The molecule has 0 saturated heterocycles. The van der Waals surface area contributed by atoms with Crippen molar-refractivity contribution in [1.82, 2.24) is 0 Å². The zero-order valence-corrected chi connectivity index (χ0v) is 35.7. The molecule has 0 radical (unpaired) electrons. The number of hydrogen-bond donors (Lipinski definition) is 0. The van der Waals surface area contributed by atoms with Crippen molar-refractivity contribution in [2.24, 2.45) is 0 Å².